The van der Waals surface area contributed by atoms with E-state index in [1.54, 1.807) is 11.3 Å². The molecule has 1 aromatic heterocycles. The van der Waals surface area contributed by atoms with Gasteiger partial charge >= 0.3 is 5.97 Å². The molecule has 1 unspecified atom stereocenters. The van der Waals surface area contributed by atoms with E-state index in [4.69, 9.17) is 10.8 Å². The summed E-state index contributed by atoms with van der Waals surface area (Å²) in [5.41, 5.74) is 7.96. The van der Waals surface area contributed by atoms with Crippen molar-refractivity contribution < 1.29 is 9.90 Å². The van der Waals surface area contributed by atoms with E-state index in [0.29, 0.717) is 12.3 Å². The molecule has 0 amide bonds. The minimum atomic E-state index is -0.919. The van der Waals surface area contributed by atoms with E-state index >= 15 is 0 Å². The molecule has 3 N–H and O–H groups in total. The van der Waals surface area contributed by atoms with Crippen LogP contribution in [0, 0.1) is 0 Å². The molecular weight excluding hydrogens is 198 g/mol. The van der Waals surface area contributed by atoms with Crippen molar-refractivity contribution in [3.8, 4) is 0 Å². The van der Waals surface area contributed by atoms with Crippen LogP contribution < -0.4 is 5.73 Å². The fraction of sp³-hybridized carbons (Fsp3) is 0.500. The van der Waals surface area contributed by atoms with E-state index in [-0.39, 0.29) is 0 Å². The van der Waals surface area contributed by atoms with Crippen molar-refractivity contribution in [3.05, 3.63) is 21.9 Å². The molecule has 1 aromatic rings. The second-order valence-electron chi connectivity index (χ2n) is 3.78. The molecule has 0 spiro atoms. The van der Waals surface area contributed by atoms with Gasteiger partial charge in [0.15, 0.2) is 0 Å². The van der Waals surface area contributed by atoms with Gasteiger partial charge < -0.3 is 10.8 Å². The van der Waals surface area contributed by atoms with E-state index in [9.17, 15) is 4.79 Å². The summed E-state index contributed by atoms with van der Waals surface area (Å²) in [6.07, 6.45) is 2.95. The van der Waals surface area contributed by atoms with Gasteiger partial charge in [0, 0.05) is 0 Å². The first-order valence-corrected chi connectivity index (χ1v) is 5.66. The van der Waals surface area contributed by atoms with Crippen molar-refractivity contribution in [2.75, 3.05) is 0 Å². The van der Waals surface area contributed by atoms with Crippen LogP contribution in [0.3, 0.4) is 0 Å². The van der Waals surface area contributed by atoms with Gasteiger partial charge in [0.05, 0.1) is 0 Å². The Kier molecular flexibility index (Phi) is 2.56. The van der Waals surface area contributed by atoms with E-state index in [0.717, 1.165) is 5.56 Å². The largest absolute Gasteiger partial charge is 0.480 e. The maximum Gasteiger partial charge on any atom is 0.320 e. The number of carboxylic acid groups (broad SMARTS) is 1. The Morgan fingerprint density at radius 1 is 1.64 bits per heavy atom. The lowest BCUT2D eigenvalue weighted by molar-refractivity contribution is -0.138. The highest BCUT2D eigenvalue weighted by atomic mass is 32.1. The highest BCUT2D eigenvalue weighted by molar-refractivity contribution is 7.08. The molecule has 0 aromatic carbocycles. The molecule has 14 heavy (non-hydrogen) atoms. The average Bonchev–Trinajstić information content (AvgIpc) is 2.88. The summed E-state index contributed by atoms with van der Waals surface area (Å²) in [5, 5.41) is 12.9. The van der Waals surface area contributed by atoms with Crippen molar-refractivity contribution in [1.29, 1.82) is 0 Å². The zero-order chi connectivity index (χ0) is 10.1. The normalized spacial score (nSPS) is 18.1. The van der Waals surface area contributed by atoms with Crippen LogP contribution in [0.5, 0.6) is 0 Å². The highest BCUT2D eigenvalue weighted by Gasteiger charge is 2.27. The fourth-order valence-electron chi connectivity index (χ4n) is 1.58. The van der Waals surface area contributed by atoms with Crippen LogP contribution in [-0.4, -0.2) is 17.1 Å². The molecule has 1 saturated carbocycles. The number of hydrogen-bond acceptors (Lipinski definition) is 3. The first kappa shape index (κ1) is 9.68. The Balaban J connectivity index is 2.08. The third-order valence-electron chi connectivity index (χ3n) is 2.55. The minimum absolute atomic E-state index is 0.463. The molecule has 0 saturated heterocycles. The molecule has 4 heteroatoms. The second kappa shape index (κ2) is 3.71. The van der Waals surface area contributed by atoms with Crippen molar-refractivity contribution in [1.82, 2.24) is 0 Å². The number of carbonyl (C=O) groups is 1. The maximum absolute atomic E-state index is 10.6. The fourth-order valence-corrected chi connectivity index (χ4v) is 2.53. The Hall–Kier alpha value is -0.870. The number of carboxylic acids is 1. The van der Waals surface area contributed by atoms with Gasteiger partial charge in [-0.15, -0.1) is 0 Å². The van der Waals surface area contributed by atoms with Crippen LogP contribution in [0.25, 0.3) is 0 Å². The van der Waals surface area contributed by atoms with Crippen LogP contribution in [0.1, 0.15) is 29.9 Å². The molecule has 0 aliphatic heterocycles. The van der Waals surface area contributed by atoms with Gasteiger partial charge in [0.2, 0.25) is 0 Å². The lowest BCUT2D eigenvalue weighted by atomic mass is 10.0. The molecule has 1 aliphatic carbocycles. The highest BCUT2D eigenvalue weighted by Crippen LogP contribution is 2.43. The van der Waals surface area contributed by atoms with E-state index in [1.165, 1.54) is 18.4 Å². The van der Waals surface area contributed by atoms with Gasteiger partial charge in [0.1, 0.15) is 6.04 Å². The van der Waals surface area contributed by atoms with E-state index in [1.807, 2.05) is 5.38 Å². The van der Waals surface area contributed by atoms with E-state index < -0.39 is 12.0 Å². The maximum atomic E-state index is 10.6. The Bertz CT molecular complexity index is 344. The van der Waals surface area contributed by atoms with Gasteiger partial charge in [-0.1, -0.05) is 0 Å². The smallest absolute Gasteiger partial charge is 0.320 e. The van der Waals surface area contributed by atoms with Crippen LogP contribution in [0.4, 0.5) is 0 Å². The quantitative estimate of drug-likeness (QED) is 0.794. The lowest BCUT2D eigenvalue weighted by Crippen LogP contribution is -2.32. The third kappa shape index (κ3) is 1.96. The topological polar surface area (TPSA) is 63.3 Å². The summed E-state index contributed by atoms with van der Waals surface area (Å²) >= 11 is 1.64. The molecular formula is C10H13NO2S. The Morgan fingerprint density at radius 3 is 2.93 bits per heavy atom. The number of rotatable bonds is 4. The van der Waals surface area contributed by atoms with Crippen LogP contribution >= 0.6 is 11.3 Å². The molecule has 1 aliphatic rings. The van der Waals surface area contributed by atoms with Gasteiger partial charge in [-0.05, 0) is 47.1 Å². The van der Waals surface area contributed by atoms with Crippen molar-refractivity contribution >= 4 is 17.3 Å². The average molecular weight is 211 g/mol. The lowest BCUT2D eigenvalue weighted by Gasteiger charge is -2.06. The van der Waals surface area contributed by atoms with Crippen LogP contribution in [0.15, 0.2) is 10.8 Å². The van der Waals surface area contributed by atoms with Crippen LogP contribution in [0.2, 0.25) is 0 Å². The summed E-state index contributed by atoms with van der Waals surface area (Å²) in [7, 11) is 0. The molecule has 0 radical (unpaired) electrons. The summed E-state index contributed by atoms with van der Waals surface area (Å²) < 4.78 is 0. The van der Waals surface area contributed by atoms with Crippen molar-refractivity contribution in [2.45, 2.75) is 31.2 Å². The van der Waals surface area contributed by atoms with Gasteiger partial charge in [-0.25, -0.2) is 0 Å². The monoisotopic (exact) mass is 211 g/mol. The summed E-state index contributed by atoms with van der Waals surface area (Å²) in [4.78, 5) is 10.6. The zero-order valence-electron chi connectivity index (χ0n) is 7.77. The zero-order valence-corrected chi connectivity index (χ0v) is 8.59. The van der Waals surface area contributed by atoms with Crippen molar-refractivity contribution in [3.63, 3.8) is 0 Å². The molecule has 3 nitrogen and oxygen atoms in total. The van der Waals surface area contributed by atoms with Gasteiger partial charge in [-0.3, -0.25) is 4.79 Å². The number of nitrogens with two attached hydrogens (primary N) is 1. The second-order valence-corrected chi connectivity index (χ2v) is 4.52. The van der Waals surface area contributed by atoms with E-state index in [2.05, 4.69) is 5.38 Å². The first-order valence-electron chi connectivity index (χ1n) is 4.72. The Morgan fingerprint density at radius 2 is 2.36 bits per heavy atom. The number of thiophene rings is 1. The minimum Gasteiger partial charge on any atom is -0.480 e. The molecule has 76 valence electrons. The standard InChI is InChI=1S/C10H13NO2S/c11-9(10(12)13)3-7-4-14-5-8(7)6-1-2-6/h4-6,9H,1-3,11H2,(H,12,13). The Labute approximate surface area is 86.6 Å². The predicted molar refractivity (Wildman–Crippen MR) is 55.6 cm³/mol. The number of aliphatic carboxylic acids is 1. The first-order chi connectivity index (χ1) is 6.68. The third-order valence-corrected chi connectivity index (χ3v) is 3.36. The van der Waals surface area contributed by atoms with Gasteiger partial charge in [0.25, 0.3) is 0 Å². The molecule has 1 heterocycles. The SMILES string of the molecule is NC(Cc1cscc1C1CC1)C(=O)O. The molecule has 1 fully saturated rings. The molecule has 0 bridgehead atoms. The summed E-state index contributed by atoms with van der Waals surface area (Å²) in [5.74, 6) is -0.241. The molecule has 1 atom stereocenters. The summed E-state index contributed by atoms with van der Waals surface area (Å²) in [6, 6.07) is -0.762. The molecule has 2 rings (SSSR count). The van der Waals surface area contributed by atoms with Gasteiger partial charge in [-0.2, -0.15) is 11.3 Å². The number of hydrogen-bond donors (Lipinski definition) is 2. The summed E-state index contributed by atoms with van der Waals surface area (Å²) in [6.45, 7) is 0. The van der Waals surface area contributed by atoms with Crippen LogP contribution in [-0.2, 0) is 11.2 Å². The predicted octanol–water partition coefficient (Wildman–Crippen LogP) is 1.58. The van der Waals surface area contributed by atoms with Crippen molar-refractivity contribution in [2.24, 2.45) is 5.73 Å².